The molecule has 0 amide bonds. The number of hydrogen-bond acceptors (Lipinski definition) is 4. The van der Waals surface area contributed by atoms with Crippen molar-refractivity contribution < 1.29 is 14.4 Å². The predicted octanol–water partition coefficient (Wildman–Crippen LogP) is 3.37. The van der Waals surface area contributed by atoms with Crippen LogP contribution >= 0.6 is 0 Å². The second kappa shape index (κ2) is 9.03. The number of nitrogens with zero attached hydrogens (tertiary/aromatic N) is 1. The molecule has 1 aromatic carbocycles. The summed E-state index contributed by atoms with van der Waals surface area (Å²) in [5, 5.41) is 3.62. The molecular formula is C15H19NO3. The van der Waals surface area contributed by atoms with Crippen molar-refractivity contribution in [3.05, 3.63) is 35.9 Å². The van der Waals surface area contributed by atoms with Gasteiger partial charge in [-0.1, -0.05) is 49.5 Å². The molecule has 19 heavy (non-hydrogen) atoms. The number of carbonyl (C=O) groups excluding carboxylic acids is 2. The van der Waals surface area contributed by atoms with E-state index in [0.717, 1.165) is 25.7 Å². The van der Waals surface area contributed by atoms with Gasteiger partial charge in [0.25, 0.3) is 0 Å². The SMILES string of the molecule is CCCCCCC(C=O)=NOC(=O)c1ccccc1. The zero-order valence-electron chi connectivity index (χ0n) is 11.2. The maximum atomic E-state index is 11.6. The molecule has 0 aliphatic rings. The topological polar surface area (TPSA) is 55.7 Å². The average Bonchev–Trinajstić information content (AvgIpc) is 2.47. The average molecular weight is 261 g/mol. The summed E-state index contributed by atoms with van der Waals surface area (Å²) in [5.74, 6) is -0.548. The highest BCUT2D eigenvalue weighted by atomic mass is 16.7. The summed E-state index contributed by atoms with van der Waals surface area (Å²) in [6, 6.07) is 8.57. The predicted molar refractivity (Wildman–Crippen MR) is 74.1 cm³/mol. The Morgan fingerprint density at radius 2 is 1.95 bits per heavy atom. The van der Waals surface area contributed by atoms with E-state index in [0.29, 0.717) is 18.3 Å². The molecule has 1 rings (SSSR count). The molecule has 1 aromatic rings. The Bertz CT molecular complexity index is 426. The van der Waals surface area contributed by atoms with Crippen LogP contribution < -0.4 is 0 Å². The molecule has 0 radical (unpaired) electrons. The van der Waals surface area contributed by atoms with Crippen molar-refractivity contribution in [2.75, 3.05) is 0 Å². The Labute approximate surface area is 113 Å². The Balaban J connectivity index is 2.44. The van der Waals surface area contributed by atoms with E-state index in [2.05, 4.69) is 12.1 Å². The summed E-state index contributed by atoms with van der Waals surface area (Å²) in [5.41, 5.74) is 0.697. The highest BCUT2D eigenvalue weighted by Gasteiger charge is 2.06. The molecule has 4 nitrogen and oxygen atoms in total. The van der Waals surface area contributed by atoms with Gasteiger partial charge in [-0.15, -0.1) is 0 Å². The third-order valence-corrected chi connectivity index (χ3v) is 2.68. The van der Waals surface area contributed by atoms with Crippen LogP contribution in [0.5, 0.6) is 0 Å². The molecule has 4 heteroatoms. The summed E-state index contributed by atoms with van der Waals surface area (Å²) in [4.78, 5) is 27.1. The van der Waals surface area contributed by atoms with Crippen molar-refractivity contribution >= 4 is 18.0 Å². The molecule has 0 aliphatic heterocycles. The number of hydrogen-bond donors (Lipinski definition) is 0. The minimum Gasteiger partial charge on any atom is -0.312 e. The van der Waals surface area contributed by atoms with E-state index in [4.69, 9.17) is 4.84 Å². The lowest BCUT2D eigenvalue weighted by molar-refractivity contribution is -0.102. The van der Waals surface area contributed by atoms with Gasteiger partial charge in [0.15, 0.2) is 6.29 Å². The van der Waals surface area contributed by atoms with Crippen LogP contribution in [0.4, 0.5) is 0 Å². The number of benzene rings is 1. The maximum Gasteiger partial charge on any atom is 0.365 e. The normalized spacial score (nSPS) is 11.1. The van der Waals surface area contributed by atoms with Crippen LogP contribution in [-0.4, -0.2) is 18.0 Å². The Morgan fingerprint density at radius 1 is 1.21 bits per heavy atom. The smallest absolute Gasteiger partial charge is 0.312 e. The first-order valence-corrected chi connectivity index (χ1v) is 6.56. The second-order valence-electron chi connectivity index (χ2n) is 4.26. The lowest BCUT2D eigenvalue weighted by atomic mass is 10.1. The molecule has 0 fully saturated rings. The molecule has 0 saturated carbocycles. The van der Waals surface area contributed by atoms with Gasteiger partial charge in [-0.3, -0.25) is 4.79 Å². The minimum atomic E-state index is -0.548. The fourth-order valence-corrected chi connectivity index (χ4v) is 1.59. The molecule has 0 heterocycles. The Kier molecular flexibility index (Phi) is 7.17. The highest BCUT2D eigenvalue weighted by molar-refractivity contribution is 6.28. The molecule has 0 spiro atoms. The van der Waals surface area contributed by atoms with Crippen LogP contribution in [0, 0.1) is 0 Å². The van der Waals surface area contributed by atoms with Crippen LogP contribution in [0.1, 0.15) is 49.4 Å². The Hall–Kier alpha value is -1.97. The number of carbonyl (C=O) groups is 2. The van der Waals surface area contributed by atoms with Gasteiger partial charge >= 0.3 is 5.97 Å². The van der Waals surface area contributed by atoms with Crippen LogP contribution in [0.15, 0.2) is 35.5 Å². The van der Waals surface area contributed by atoms with Crippen LogP contribution in [0.2, 0.25) is 0 Å². The van der Waals surface area contributed by atoms with Crippen molar-refractivity contribution in [2.24, 2.45) is 5.16 Å². The van der Waals surface area contributed by atoms with Gasteiger partial charge in [-0.2, -0.15) is 0 Å². The van der Waals surface area contributed by atoms with E-state index in [1.807, 2.05) is 6.07 Å². The van der Waals surface area contributed by atoms with Crippen LogP contribution in [0.3, 0.4) is 0 Å². The van der Waals surface area contributed by atoms with E-state index in [1.54, 1.807) is 24.3 Å². The van der Waals surface area contributed by atoms with E-state index >= 15 is 0 Å². The molecule has 0 atom stereocenters. The molecule has 0 unspecified atom stereocenters. The fourth-order valence-electron chi connectivity index (χ4n) is 1.59. The molecule has 102 valence electrons. The van der Waals surface area contributed by atoms with Gasteiger partial charge in [0.1, 0.15) is 5.71 Å². The summed E-state index contributed by atoms with van der Waals surface area (Å²) in [6.07, 6.45) is 5.40. The molecule has 0 saturated heterocycles. The van der Waals surface area contributed by atoms with Crippen molar-refractivity contribution in [3.63, 3.8) is 0 Å². The lowest BCUT2D eigenvalue weighted by Gasteiger charge is -2.00. The van der Waals surface area contributed by atoms with Crippen molar-refractivity contribution in [2.45, 2.75) is 39.0 Å². The Morgan fingerprint density at radius 3 is 2.58 bits per heavy atom. The van der Waals surface area contributed by atoms with Gasteiger partial charge in [-0.25, -0.2) is 4.79 Å². The lowest BCUT2D eigenvalue weighted by Crippen LogP contribution is -2.06. The molecule has 0 aromatic heterocycles. The van der Waals surface area contributed by atoms with Crippen molar-refractivity contribution in [1.29, 1.82) is 0 Å². The van der Waals surface area contributed by atoms with Gasteiger partial charge in [0.2, 0.25) is 0 Å². The first-order chi connectivity index (χ1) is 9.27. The summed E-state index contributed by atoms with van der Waals surface area (Å²) in [7, 11) is 0. The number of unbranched alkanes of at least 4 members (excludes halogenated alkanes) is 3. The number of aldehydes is 1. The molecule has 0 N–H and O–H groups in total. The van der Waals surface area contributed by atoms with Gasteiger partial charge in [-0.05, 0) is 25.0 Å². The molecule has 0 aliphatic carbocycles. The zero-order chi connectivity index (χ0) is 13.9. The quantitative estimate of drug-likeness (QED) is 0.237. The standard InChI is InChI=1S/C15H19NO3/c1-2-3-4-8-11-14(12-17)16-19-15(18)13-9-6-5-7-10-13/h5-7,9-10,12H,2-4,8,11H2,1H3. The van der Waals surface area contributed by atoms with Crippen LogP contribution in [0.25, 0.3) is 0 Å². The third kappa shape index (κ3) is 5.95. The van der Waals surface area contributed by atoms with E-state index in [-0.39, 0.29) is 5.71 Å². The number of oxime groups is 1. The summed E-state index contributed by atoms with van der Waals surface area (Å²) < 4.78 is 0. The van der Waals surface area contributed by atoms with Crippen molar-refractivity contribution in [3.8, 4) is 0 Å². The minimum absolute atomic E-state index is 0.278. The maximum absolute atomic E-state index is 11.6. The van der Waals surface area contributed by atoms with Gasteiger partial charge < -0.3 is 4.84 Å². The zero-order valence-corrected chi connectivity index (χ0v) is 11.2. The van der Waals surface area contributed by atoms with Gasteiger partial charge in [0.05, 0.1) is 5.56 Å². The van der Waals surface area contributed by atoms with E-state index < -0.39 is 5.97 Å². The van der Waals surface area contributed by atoms with Crippen LogP contribution in [-0.2, 0) is 9.63 Å². The second-order valence-corrected chi connectivity index (χ2v) is 4.26. The monoisotopic (exact) mass is 261 g/mol. The van der Waals surface area contributed by atoms with Crippen molar-refractivity contribution in [1.82, 2.24) is 0 Å². The summed E-state index contributed by atoms with van der Waals surface area (Å²) >= 11 is 0. The summed E-state index contributed by atoms with van der Waals surface area (Å²) in [6.45, 7) is 2.12. The number of rotatable bonds is 8. The first-order valence-electron chi connectivity index (χ1n) is 6.56. The highest BCUT2D eigenvalue weighted by Crippen LogP contribution is 2.05. The largest absolute Gasteiger partial charge is 0.365 e. The first kappa shape index (κ1) is 15.1. The fraction of sp³-hybridized carbons (Fsp3) is 0.400. The van der Waals surface area contributed by atoms with E-state index in [9.17, 15) is 9.59 Å². The van der Waals surface area contributed by atoms with E-state index in [1.165, 1.54) is 0 Å². The molecular weight excluding hydrogens is 242 g/mol. The third-order valence-electron chi connectivity index (χ3n) is 2.68. The van der Waals surface area contributed by atoms with Gasteiger partial charge in [0, 0.05) is 0 Å². The molecule has 0 bridgehead atoms.